The van der Waals surface area contributed by atoms with Gasteiger partial charge in [-0.2, -0.15) is 0 Å². The molecule has 0 aliphatic rings. The highest BCUT2D eigenvalue weighted by Gasteiger charge is 2.40. The summed E-state index contributed by atoms with van der Waals surface area (Å²) in [5.74, 6) is 0.402. The van der Waals surface area contributed by atoms with Crippen molar-refractivity contribution in [3.05, 3.63) is 150 Å². The third-order valence-corrected chi connectivity index (χ3v) is 9.07. The van der Waals surface area contributed by atoms with Crippen LogP contribution in [0.25, 0.3) is 34.0 Å². The molecule has 0 amide bonds. The Balaban J connectivity index is 1.54. The molecule has 0 saturated heterocycles. The second-order valence-corrected chi connectivity index (χ2v) is 13.6. The molecule has 1 atom stereocenters. The molecule has 0 saturated carbocycles. The van der Waals surface area contributed by atoms with E-state index < -0.39 is 23.0 Å². The lowest BCUT2D eigenvalue weighted by atomic mass is 9.76. The molecular formula is C40H35ClN6O3. The number of nitrogens with one attached hydrogen (secondary N) is 1. The highest BCUT2D eigenvalue weighted by atomic mass is 35.5. The van der Waals surface area contributed by atoms with Crippen molar-refractivity contribution in [2.45, 2.75) is 38.8 Å². The molecular weight excluding hydrogens is 648 g/mol. The van der Waals surface area contributed by atoms with E-state index in [9.17, 15) is 9.90 Å². The first kappa shape index (κ1) is 32.7. The van der Waals surface area contributed by atoms with E-state index in [1.807, 2.05) is 87.6 Å². The number of halogens is 1. The van der Waals surface area contributed by atoms with E-state index in [2.05, 4.69) is 46.3 Å². The molecule has 0 bridgehead atoms. The fraction of sp³-hybridized carbons (Fsp3) is 0.175. The molecule has 0 unspecified atom stereocenters. The van der Waals surface area contributed by atoms with Crippen LogP contribution >= 0.6 is 11.6 Å². The summed E-state index contributed by atoms with van der Waals surface area (Å²) < 4.78 is 7.90. The molecule has 0 radical (unpaired) electrons. The van der Waals surface area contributed by atoms with Crippen LogP contribution in [-0.2, 0) is 10.3 Å². The third kappa shape index (κ3) is 6.12. The normalized spacial score (nSPS) is 12.6. The second-order valence-electron chi connectivity index (χ2n) is 13.2. The number of carboxylic acids is 1. The molecule has 9 nitrogen and oxygen atoms in total. The minimum Gasteiger partial charge on any atom is -0.481 e. The molecule has 0 aliphatic carbocycles. The van der Waals surface area contributed by atoms with Crippen LogP contribution in [0.15, 0.2) is 132 Å². The standard InChI is InChI=1S/C40H35ClN6O3/c1-39(2,3)32(23-35(48)49)44-34-22-30(31-20-13-21-50-31)43-37(46-34)29-25-47(38-36(29)45-33(41)24-42-38)40(26-14-7-4-8-15-26,27-16-9-5-10-17-27)28-18-11-6-12-19-28/h4-22,24-25,32H,23H2,1-3H3,(H,48,49)(H,43,44,46)/t32-/m1/s1. The summed E-state index contributed by atoms with van der Waals surface area (Å²) in [6, 6.07) is 35.8. The van der Waals surface area contributed by atoms with Crippen LogP contribution in [-0.4, -0.2) is 41.6 Å². The molecule has 7 rings (SSSR count). The van der Waals surface area contributed by atoms with Crippen molar-refractivity contribution in [2.75, 3.05) is 5.32 Å². The van der Waals surface area contributed by atoms with E-state index in [1.165, 1.54) is 0 Å². The maximum absolute atomic E-state index is 11.9. The van der Waals surface area contributed by atoms with E-state index in [4.69, 9.17) is 36.0 Å². The molecule has 0 spiro atoms. The van der Waals surface area contributed by atoms with Gasteiger partial charge in [0.25, 0.3) is 0 Å². The second kappa shape index (κ2) is 13.2. The maximum Gasteiger partial charge on any atom is 0.305 e. The van der Waals surface area contributed by atoms with Gasteiger partial charge in [-0.3, -0.25) is 4.79 Å². The van der Waals surface area contributed by atoms with Gasteiger partial charge in [0, 0.05) is 18.3 Å². The van der Waals surface area contributed by atoms with E-state index in [1.54, 1.807) is 24.6 Å². The van der Waals surface area contributed by atoms with Crippen molar-refractivity contribution in [2.24, 2.45) is 5.41 Å². The number of rotatable bonds is 10. The van der Waals surface area contributed by atoms with Gasteiger partial charge in [0.1, 0.15) is 27.7 Å². The van der Waals surface area contributed by atoms with Crippen molar-refractivity contribution in [1.29, 1.82) is 0 Å². The number of hydrogen-bond donors (Lipinski definition) is 2. The van der Waals surface area contributed by atoms with Gasteiger partial charge in [-0.1, -0.05) is 123 Å². The van der Waals surface area contributed by atoms with Gasteiger partial charge >= 0.3 is 5.97 Å². The molecule has 0 fully saturated rings. The SMILES string of the molecule is CC(C)(C)[C@@H](CC(=O)O)Nc1cc(-c2ccco2)nc(-c2cn(C(c3ccccc3)(c3ccccc3)c3ccccc3)c3ncc(Cl)nc23)n1. The topological polar surface area (TPSA) is 119 Å². The molecule has 10 heteroatoms. The van der Waals surface area contributed by atoms with Crippen molar-refractivity contribution in [3.63, 3.8) is 0 Å². The van der Waals surface area contributed by atoms with Gasteiger partial charge in [-0.05, 0) is 34.2 Å². The minimum atomic E-state index is -0.912. The molecule has 3 aromatic carbocycles. The summed E-state index contributed by atoms with van der Waals surface area (Å²) in [5.41, 5.74) is 3.90. The van der Waals surface area contributed by atoms with E-state index >= 15 is 0 Å². The average Bonchev–Trinajstić information content (AvgIpc) is 3.79. The summed E-state index contributed by atoms with van der Waals surface area (Å²) >= 11 is 6.56. The van der Waals surface area contributed by atoms with Crippen LogP contribution in [0.4, 0.5) is 5.82 Å². The quantitative estimate of drug-likeness (QED) is 0.137. The van der Waals surface area contributed by atoms with Crippen molar-refractivity contribution in [3.8, 4) is 22.8 Å². The zero-order valence-corrected chi connectivity index (χ0v) is 28.5. The predicted octanol–water partition coefficient (Wildman–Crippen LogP) is 8.94. The summed E-state index contributed by atoms with van der Waals surface area (Å²) in [4.78, 5) is 31.6. The summed E-state index contributed by atoms with van der Waals surface area (Å²) in [6.45, 7) is 5.97. The molecule has 50 heavy (non-hydrogen) atoms. The van der Waals surface area contributed by atoms with Gasteiger partial charge in [0.15, 0.2) is 17.2 Å². The number of hydrogen-bond acceptors (Lipinski definition) is 7. The van der Waals surface area contributed by atoms with Crippen LogP contribution < -0.4 is 5.32 Å². The Hall–Kier alpha value is -5.80. The van der Waals surface area contributed by atoms with Crippen LogP contribution in [0.3, 0.4) is 0 Å². The number of carbonyl (C=O) groups is 1. The number of aliphatic carboxylic acids is 1. The van der Waals surface area contributed by atoms with Crippen LogP contribution in [0.2, 0.25) is 5.15 Å². The smallest absolute Gasteiger partial charge is 0.305 e. The van der Waals surface area contributed by atoms with E-state index in [0.29, 0.717) is 39.8 Å². The average molecular weight is 683 g/mol. The maximum atomic E-state index is 11.9. The van der Waals surface area contributed by atoms with Gasteiger partial charge in [-0.25, -0.2) is 19.9 Å². The fourth-order valence-corrected chi connectivity index (χ4v) is 6.60. The minimum absolute atomic E-state index is 0.104. The molecule has 250 valence electrons. The Labute approximate surface area is 294 Å². The number of anilines is 1. The van der Waals surface area contributed by atoms with Gasteiger partial charge < -0.3 is 19.4 Å². The number of carboxylic acid groups (broad SMARTS) is 1. The zero-order chi connectivity index (χ0) is 34.9. The highest BCUT2D eigenvalue weighted by Crippen LogP contribution is 2.44. The fourth-order valence-electron chi connectivity index (χ4n) is 6.46. The predicted molar refractivity (Wildman–Crippen MR) is 195 cm³/mol. The Morgan fingerprint density at radius 1 is 0.860 bits per heavy atom. The van der Waals surface area contributed by atoms with Gasteiger partial charge in [0.05, 0.1) is 24.4 Å². The van der Waals surface area contributed by atoms with Gasteiger partial charge in [-0.15, -0.1) is 0 Å². The van der Waals surface area contributed by atoms with Gasteiger partial charge in [0.2, 0.25) is 0 Å². The number of aromatic nitrogens is 5. The number of benzene rings is 3. The van der Waals surface area contributed by atoms with Crippen molar-refractivity contribution < 1.29 is 14.3 Å². The third-order valence-electron chi connectivity index (χ3n) is 8.89. The first-order valence-electron chi connectivity index (χ1n) is 16.3. The van der Waals surface area contributed by atoms with Crippen LogP contribution in [0.1, 0.15) is 43.9 Å². The van der Waals surface area contributed by atoms with Crippen LogP contribution in [0.5, 0.6) is 0 Å². The lowest BCUT2D eigenvalue weighted by molar-refractivity contribution is -0.137. The molecule has 4 heterocycles. The highest BCUT2D eigenvalue weighted by molar-refractivity contribution is 6.29. The van der Waals surface area contributed by atoms with Crippen molar-refractivity contribution >= 4 is 34.6 Å². The first-order valence-corrected chi connectivity index (χ1v) is 16.6. The molecule has 0 aliphatic heterocycles. The van der Waals surface area contributed by atoms with E-state index in [-0.39, 0.29) is 11.6 Å². The zero-order valence-electron chi connectivity index (χ0n) is 27.8. The lowest BCUT2D eigenvalue weighted by Crippen LogP contribution is -2.37. The number of furan rings is 1. The first-order chi connectivity index (χ1) is 24.1. The molecule has 4 aromatic heterocycles. The summed E-state index contributed by atoms with van der Waals surface area (Å²) in [7, 11) is 0. The Morgan fingerprint density at radius 3 is 1.98 bits per heavy atom. The Kier molecular flexibility index (Phi) is 8.67. The Morgan fingerprint density at radius 2 is 1.46 bits per heavy atom. The molecule has 7 aromatic rings. The van der Waals surface area contributed by atoms with E-state index in [0.717, 1.165) is 16.7 Å². The lowest BCUT2D eigenvalue weighted by Gasteiger charge is -2.38. The summed E-state index contributed by atoms with van der Waals surface area (Å²) in [6.07, 6.45) is 5.01. The molecule has 2 N–H and O–H groups in total. The van der Waals surface area contributed by atoms with Crippen molar-refractivity contribution in [1.82, 2.24) is 24.5 Å². The monoisotopic (exact) mass is 682 g/mol. The Bertz CT molecular complexity index is 2150. The number of fused-ring (bicyclic) bond motifs is 1. The van der Waals surface area contributed by atoms with Crippen LogP contribution in [0, 0.1) is 5.41 Å². The largest absolute Gasteiger partial charge is 0.481 e. The number of nitrogens with zero attached hydrogens (tertiary/aromatic N) is 5. The summed E-state index contributed by atoms with van der Waals surface area (Å²) in [5, 5.41) is 13.4.